The topological polar surface area (TPSA) is 52.0 Å². The van der Waals surface area contributed by atoms with Crippen molar-refractivity contribution in [1.82, 2.24) is 9.88 Å². The SMILES string of the molecule is N#Cc1ccnc(NC2CCN3CCCCC23)c1. The number of nitrogens with one attached hydrogen (secondary N) is 1. The Kier molecular flexibility index (Phi) is 3.16. The Labute approximate surface area is 108 Å². The number of piperidine rings is 1. The molecule has 0 spiro atoms. The third kappa shape index (κ3) is 2.19. The van der Waals surface area contributed by atoms with Crippen molar-refractivity contribution in [1.29, 1.82) is 5.26 Å². The van der Waals surface area contributed by atoms with Crippen LogP contribution in [0.1, 0.15) is 31.2 Å². The van der Waals surface area contributed by atoms with Gasteiger partial charge in [-0.1, -0.05) is 6.42 Å². The van der Waals surface area contributed by atoms with Gasteiger partial charge in [-0.25, -0.2) is 4.98 Å². The number of pyridine rings is 1. The van der Waals surface area contributed by atoms with E-state index < -0.39 is 0 Å². The smallest absolute Gasteiger partial charge is 0.127 e. The van der Waals surface area contributed by atoms with Gasteiger partial charge in [-0.15, -0.1) is 0 Å². The molecule has 4 heteroatoms. The zero-order chi connectivity index (χ0) is 12.4. The summed E-state index contributed by atoms with van der Waals surface area (Å²) in [6.07, 6.45) is 6.85. The molecule has 2 atom stereocenters. The number of anilines is 1. The van der Waals surface area contributed by atoms with Gasteiger partial charge in [0.25, 0.3) is 0 Å². The summed E-state index contributed by atoms with van der Waals surface area (Å²) in [6, 6.07) is 6.89. The van der Waals surface area contributed by atoms with E-state index in [2.05, 4.69) is 21.3 Å². The molecular weight excluding hydrogens is 224 g/mol. The van der Waals surface area contributed by atoms with Crippen LogP contribution < -0.4 is 5.32 Å². The predicted octanol–water partition coefficient (Wildman–Crippen LogP) is 1.99. The Balaban J connectivity index is 1.71. The Morgan fingerprint density at radius 3 is 3.17 bits per heavy atom. The van der Waals surface area contributed by atoms with Gasteiger partial charge in [0, 0.05) is 24.8 Å². The van der Waals surface area contributed by atoms with Crippen LogP contribution in [0.25, 0.3) is 0 Å². The van der Waals surface area contributed by atoms with Crippen molar-refractivity contribution in [3.05, 3.63) is 23.9 Å². The quantitative estimate of drug-likeness (QED) is 0.861. The number of aromatic nitrogens is 1. The molecule has 2 fully saturated rings. The first kappa shape index (κ1) is 11.5. The summed E-state index contributed by atoms with van der Waals surface area (Å²) in [5.41, 5.74) is 0.672. The predicted molar refractivity (Wildman–Crippen MR) is 70.2 cm³/mol. The fraction of sp³-hybridized carbons (Fsp3) is 0.571. The van der Waals surface area contributed by atoms with Gasteiger partial charge < -0.3 is 5.32 Å². The minimum atomic E-state index is 0.492. The van der Waals surface area contributed by atoms with E-state index >= 15 is 0 Å². The van der Waals surface area contributed by atoms with E-state index in [1.165, 1.54) is 38.8 Å². The maximum absolute atomic E-state index is 8.90. The number of fused-ring (bicyclic) bond motifs is 1. The number of nitriles is 1. The molecule has 2 aliphatic heterocycles. The summed E-state index contributed by atoms with van der Waals surface area (Å²) >= 11 is 0. The lowest BCUT2D eigenvalue weighted by Gasteiger charge is -2.32. The molecule has 0 radical (unpaired) electrons. The van der Waals surface area contributed by atoms with Gasteiger partial charge in [-0.05, 0) is 37.9 Å². The minimum absolute atomic E-state index is 0.492. The fourth-order valence-electron chi connectivity index (χ4n) is 3.18. The van der Waals surface area contributed by atoms with Gasteiger partial charge >= 0.3 is 0 Å². The highest BCUT2D eigenvalue weighted by Gasteiger charge is 2.35. The Bertz CT molecular complexity index is 465. The summed E-state index contributed by atoms with van der Waals surface area (Å²) in [5.74, 6) is 0.839. The summed E-state index contributed by atoms with van der Waals surface area (Å²) in [4.78, 5) is 6.90. The lowest BCUT2D eigenvalue weighted by atomic mass is 9.99. The molecular formula is C14H18N4. The average Bonchev–Trinajstić information content (AvgIpc) is 2.83. The third-order valence-electron chi connectivity index (χ3n) is 4.08. The summed E-state index contributed by atoms with van der Waals surface area (Å²) in [6.45, 7) is 2.44. The molecule has 18 heavy (non-hydrogen) atoms. The van der Waals surface area contributed by atoms with Gasteiger partial charge in [0.1, 0.15) is 5.82 Å². The van der Waals surface area contributed by atoms with E-state index in [0.717, 1.165) is 5.82 Å². The molecule has 0 bridgehead atoms. The van der Waals surface area contributed by atoms with Gasteiger partial charge in [0.15, 0.2) is 0 Å². The first-order chi connectivity index (χ1) is 8.86. The van der Waals surface area contributed by atoms with Gasteiger partial charge in [0.2, 0.25) is 0 Å². The second-order valence-corrected chi connectivity index (χ2v) is 5.18. The normalized spacial score (nSPS) is 27.5. The van der Waals surface area contributed by atoms with Crippen molar-refractivity contribution in [2.75, 3.05) is 18.4 Å². The summed E-state index contributed by atoms with van der Waals surface area (Å²) in [7, 11) is 0. The van der Waals surface area contributed by atoms with Crippen molar-refractivity contribution >= 4 is 5.82 Å². The monoisotopic (exact) mass is 242 g/mol. The van der Waals surface area contributed by atoms with E-state index in [1.54, 1.807) is 12.3 Å². The highest BCUT2D eigenvalue weighted by Crippen LogP contribution is 2.28. The summed E-state index contributed by atoms with van der Waals surface area (Å²) in [5, 5.41) is 12.4. The highest BCUT2D eigenvalue weighted by atomic mass is 15.2. The number of rotatable bonds is 2. The van der Waals surface area contributed by atoms with Crippen molar-refractivity contribution in [3.63, 3.8) is 0 Å². The molecule has 1 aromatic rings. The molecule has 0 amide bonds. The Hall–Kier alpha value is -1.60. The summed E-state index contributed by atoms with van der Waals surface area (Å²) < 4.78 is 0. The zero-order valence-corrected chi connectivity index (χ0v) is 10.5. The van der Waals surface area contributed by atoms with E-state index in [0.29, 0.717) is 17.6 Å². The molecule has 4 nitrogen and oxygen atoms in total. The molecule has 3 heterocycles. The van der Waals surface area contributed by atoms with E-state index in [9.17, 15) is 0 Å². The maximum Gasteiger partial charge on any atom is 0.127 e. The Morgan fingerprint density at radius 1 is 1.33 bits per heavy atom. The molecule has 0 aliphatic carbocycles. The van der Waals surface area contributed by atoms with Crippen LogP contribution in [0.2, 0.25) is 0 Å². The van der Waals surface area contributed by atoms with Crippen molar-refractivity contribution < 1.29 is 0 Å². The van der Waals surface area contributed by atoms with Crippen LogP contribution in [0.3, 0.4) is 0 Å². The van der Waals surface area contributed by atoms with Crippen LogP contribution in [-0.2, 0) is 0 Å². The molecule has 2 saturated heterocycles. The Morgan fingerprint density at radius 2 is 2.28 bits per heavy atom. The lowest BCUT2D eigenvalue weighted by molar-refractivity contribution is 0.192. The van der Waals surface area contributed by atoms with Gasteiger partial charge in [0.05, 0.1) is 11.6 Å². The molecule has 0 aromatic carbocycles. The highest BCUT2D eigenvalue weighted by molar-refractivity contribution is 5.43. The molecule has 2 unspecified atom stereocenters. The fourth-order valence-corrected chi connectivity index (χ4v) is 3.18. The van der Waals surface area contributed by atoms with Crippen LogP contribution in [0.4, 0.5) is 5.82 Å². The van der Waals surface area contributed by atoms with E-state index in [-0.39, 0.29) is 0 Å². The van der Waals surface area contributed by atoms with Gasteiger partial charge in [-0.3, -0.25) is 4.90 Å². The van der Waals surface area contributed by atoms with Gasteiger partial charge in [-0.2, -0.15) is 5.26 Å². The third-order valence-corrected chi connectivity index (χ3v) is 4.08. The van der Waals surface area contributed by atoms with Crippen molar-refractivity contribution in [2.24, 2.45) is 0 Å². The van der Waals surface area contributed by atoms with Crippen LogP contribution in [0.5, 0.6) is 0 Å². The maximum atomic E-state index is 8.90. The molecule has 2 aliphatic rings. The number of hydrogen-bond acceptors (Lipinski definition) is 4. The molecule has 3 rings (SSSR count). The molecule has 94 valence electrons. The second-order valence-electron chi connectivity index (χ2n) is 5.18. The van der Waals surface area contributed by atoms with Crippen molar-refractivity contribution in [3.8, 4) is 6.07 Å². The minimum Gasteiger partial charge on any atom is -0.366 e. The lowest BCUT2D eigenvalue weighted by Crippen LogP contribution is -2.41. The van der Waals surface area contributed by atoms with Crippen LogP contribution in [0.15, 0.2) is 18.3 Å². The standard InChI is InChI=1S/C14H18N4/c15-10-11-4-6-16-14(9-11)17-12-5-8-18-7-2-1-3-13(12)18/h4,6,9,12-13H,1-3,5,7-8H2,(H,16,17). The van der Waals surface area contributed by atoms with E-state index in [4.69, 9.17) is 5.26 Å². The first-order valence-corrected chi connectivity index (χ1v) is 6.73. The van der Waals surface area contributed by atoms with Crippen LogP contribution >= 0.6 is 0 Å². The zero-order valence-electron chi connectivity index (χ0n) is 10.5. The molecule has 1 N–H and O–H groups in total. The first-order valence-electron chi connectivity index (χ1n) is 6.73. The molecule has 0 saturated carbocycles. The van der Waals surface area contributed by atoms with Crippen molar-refractivity contribution in [2.45, 2.75) is 37.8 Å². The molecule has 1 aromatic heterocycles. The van der Waals surface area contributed by atoms with E-state index in [1.807, 2.05) is 6.07 Å². The van der Waals surface area contributed by atoms with Crippen LogP contribution in [-0.4, -0.2) is 35.1 Å². The van der Waals surface area contributed by atoms with Crippen LogP contribution in [0, 0.1) is 11.3 Å². The number of nitrogens with zero attached hydrogens (tertiary/aromatic N) is 3. The largest absolute Gasteiger partial charge is 0.366 e. The number of hydrogen-bond donors (Lipinski definition) is 1. The average molecular weight is 242 g/mol. The second kappa shape index (κ2) is 4.95.